The van der Waals surface area contributed by atoms with Gasteiger partial charge in [0, 0.05) is 29.8 Å². The van der Waals surface area contributed by atoms with E-state index >= 15 is 0 Å². The van der Waals surface area contributed by atoms with Crippen molar-refractivity contribution in [2.45, 2.75) is 6.54 Å². The van der Waals surface area contributed by atoms with Crippen LogP contribution in [0.3, 0.4) is 0 Å². The number of pyridine rings is 1. The van der Waals surface area contributed by atoms with Gasteiger partial charge in [0.25, 0.3) is 11.8 Å². The van der Waals surface area contributed by atoms with E-state index in [4.69, 9.17) is 0 Å². The minimum Gasteiger partial charge on any atom is -0.355 e. The fraction of sp³-hybridized carbons (Fsp3) is 0.133. The summed E-state index contributed by atoms with van der Waals surface area (Å²) in [5.74, 6) is -0.388. The SMILES string of the molecule is CNC(=O)c1ccc(CNC(=O)c2ncccc2Br)cc1. The second-order valence-electron chi connectivity index (χ2n) is 4.29. The number of rotatable bonds is 4. The van der Waals surface area contributed by atoms with Crippen molar-refractivity contribution in [1.29, 1.82) is 0 Å². The van der Waals surface area contributed by atoms with Crippen LogP contribution in [0.2, 0.25) is 0 Å². The molecule has 0 saturated heterocycles. The minimum atomic E-state index is -0.252. The number of nitrogens with zero attached hydrogens (tertiary/aromatic N) is 1. The van der Waals surface area contributed by atoms with Crippen LogP contribution >= 0.6 is 15.9 Å². The Labute approximate surface area is 130 Å². The summed E-state index contributed by atoms with van der Waals surface area (Å²) < 4.78 is 0.650. The van der Waals surface area contributed by atoms with E-state index in [1.54, 1.807) is 49.6 Å². The number of carbonyl (C=O) groups is 2. The molecule has 0 atom stereocenters. The highest BCUT2D eigenvalue weighted by atomic mass is 79.9. The smallest absolute Gasteiger partial charge is 0.271 e. The highest BCUT2D eigenvalue weighted by Gasteiger charge is 2.10. The van der Waals surface area contributed by atoms with Crippen molar-refractivity contribution in [3.63, 3.8) is 0 Å². The van der Waals surface area contributed by atoms with E-state index in [1.165, 1.54) is 0 Å². The third-order valence-electron chi connectivity index (χ3n) is 2.87. The Morgan fingerprint density at radius 2 is 1.86 bits per heavy atom. The van der Waals surface area contributed by atoms with Crippen molar-refractivity contribution in [2.24, 2.45) is 0 Å². The van der Waals surface area contributed by atoms with Gasteiger partial charge in [-0.3, -0.25) is 9.59 Å². The molecule has 0 saturated carbocycles. The Kier molecular flexibility index (Phi) is 5.05. The molecule has 1 heterocycles. The van der Waals surface area contributed by atoms with E-state index in [9.17, 15) is 9.59 Å². The van der Waals surface area contributed by atoms with Crippen molar-refractivity contribution >= 4 is 27.7 Å². The highest BCUT2D eigenvalue weighted by Crippen LogP contribution is 2.13. The van der Waals surface area contributed by atoms with Gasteiger partial charge >= 0.3 is 0 Å². The summed E-state index contributed by atoms with van der Waals surface area (Å²) >= 11 is 3.29. The van der Waals surface area contributed by atoms with Gasteiger partial charge in [0.1, 0.15) is 5.69 Å². The number of nitrogens with one attached hydrogen (secondary N) is 2. The van der Waals surface area contributed by atoms with Crippen LogP contribution in [0.25, 0.3) is 0 Å². The average molecular weight is 348 g/mol. The Morgan fingerprint density at radius 3 is 2.48 bits per heavy atom. The average Bonchev–Trinajstić information content (AvgIpc) is 2.52. The fourth-order valence-electron chi connectivity index (χ4n) is 1.74. The zero-order valence-corrected chi connectivity index (χ0v) is 13.0. The van der Waals surface area contributed by atoms with Crippen LogP contribution in [0, 0.1) is 0 Å². The summed E-state index contributed by atoms with van der Waals surface area (Å²) in [4.78, 5) is 27.4. The first-order chi connectivity index (χ1) is 10.1. The van der Waals surface area contributed by atoms with E-state index in [1.807, 2.05) is 0 Å². The molecule has 0 aliphatic rings. The second-order valence-corrected chi connectivity index (χ2v) is 5.15. The van der Waals surface area contributed by atoms with Gasteiger partial charge in [0.2, 0.25) is 0 Å². The van der Waals surface area contributed by atoms with Gasteiger partial charge in [-0.2, -0.15) is 0 Å². The molecule has 1 aromatic carbocycles. The fourth-order valence-corrected chi connectivity index (χ4v) is 2.17. The highest BCUT2D eigenvalue weighted by molar-refractivity contribution is 9.10. The van der Waals surface area contributed by atoms with Crippen molar-refractivity contribution in [1.82, 2.24) is 15.6 Å². The van der Waals surface area contributed by atoms with Crippen LogP contribution in [0.5, 0.6) is 0 Å². The Hall–Kier alpha value is -2.21. The molecule has 0 unspecified atom stereocenters. The number of amides is 2. The third kappa shape index (κ3) is 3.88. The molecule has 108 valence electrons. The molecular formula is C15H14BrN3O2. The standard InChI is InChI=1S/C15H14BrN3O2/c1-17-14(20)11-6-4-10(5-7-11)9-19-15(21)13-12(16)3-2-8-18-13/h2-8H,9H2,1H3,(H,17,20)(H,19,21). The number of benzene rings is 1. The maximum Gasteiger partial charge on any atom is 0.271 e. The molecular weight excluding hydrogens is 334 g/mol. The molecule has 21 heavy (non-hydrogen) atoms. The van der Waals surface area contributed by atoms with Crippen molar-refractivity contribution in [3.05, 3.63) is 63.9 Å². The van der Waals surface area contributed by atoms with Crippen molar-refractivity contribution < 1.29 is 9.59 Å². The number of halogens is 1. The molecule has 0 radical (unpaired) electrons. The maximum absolute atomic E-state index is 12.0. The van der Waals surface area contributed by atoms with Gasteiger partial charge in [-0.25, -0.2) is 4.98 Å². The lowest BCUT2D eigenvalue weighted by atomic mass is 10.1. The van der Waals surface area contributed by atoms with Crippen LogP contribution in [0.4, 0.5) is 0 Å². The van der Waals surface area contributed by atoms with Gasteiger partial charge in [-0.05, 0) is 45.8 Å². The first-order valence-corrected chi connectivity index (χ1v) is 7.11. The molecule has 2 amide bonds. The van der Waals surface area contributed by atoms with Gasteiger partial charge in [-0.15, -0.1) is 0 Å². The predicted molar refractivity (Wildman–Crippen MR) is 82.9 cm³/mol. The third-order valence-corrected chi connectivity index (χ3v) is 3.51. The largest absolute Gasteiger partial charge is 0.355 e. The summed E-state index contributed by atoms with van der Waals surface area (Å²) in [7, 11) is 1.58. The van der Waals surface area contributed by atoms with Gasteiger partial charge in [-0.1, -0.05) is 12.1 Å². The summed E-state index contributed by atoms with van der Waals surface area (Å²) in [5.41, 5.74) is 1.84. The van der Waals surface area contributed by atoms with Gasteiger partial charge in [0.05, 0.1) is 0 Å². The van der Waals surface area contributed by atoms with E-state index in [0.29, 0.717) is 22.3 Å². The Bertz CT molecular complexity index is 656. The zero-order valence-electron chi connectivity index (χ0n) is 11.4. The zero-order chi connectivity index (χ0) is 15.2. The van der Waals surface area contributed by atoms with E-state index in [2.05, 4.69) is 31.5 Å². The van der Waals surface area contributed by atoms with Crippen molar-refractivity contribution in [3.8, 4) is 0 Å². The lowest BCUT2D eigenvalue weighted by Crippen LogP contribution is -2.24. The molecule has 1 aromatic heterocycles. The van der Waals surface area contributed by atoms with E-state index in [0.717, 1.165) is 5.56 Å². The molecule has 2 N–H and O–H groups in total. The minimum absolute atomic E-state index is 0.136. The summed E-state index contributed by atoms with van der Waals surface area (Å²) in [6.45, 7) is 0.371. The normalized spacial score (nSPS) is 10.0. The molecule has 0 aliphatic carbocycles. The maximum atomic E-state index is 12.0. The molecule has 2 rings (SSSR count). The van der Waals surface area contributed by atoms with E-state index < -0.39 is 0 Å². The molecule has 5 nitrogen and oxygen atoms in total. The lowest BCUT2D eigenvalue weighted by molar-refractivity contribution is 0.0941. The quantitative estimate of drug-likeness (QED) is 0.889. The number of aromatic nitrogens is 1. The summed E-state index contributed by atoms with van der Waals surface area (Å²) in [6, 6.07) is 10.6. The number of hydrogen-bond donors (Lipinski definition) is 2. The van der Waals surface area contributed by atoms with Crippen LogP contribution in [0.1, 0.15) is 26.4 Å². The molecule has 0 spiro atoms. The summed E-state index contributed by atoms with van der Waals surface area (Å²) in [5, 5.41) is 5.34. The van der Waals surface area contributed by atoms with Crippen LogP contribution in [0.15, 0.2) is 47.1 Å². The monoisotopic (exact) mass is 347 g/mol. The number of carbonyl (C=O) groups excluding carboxylic acids is 2. The molecule has 0 fully saturated rings. The molecule has 2 aromatic rings. The van der Waals surface area contributed by atoms with Gasteiger partial charge < -0.3 is 10.6 Å². The first-order valence-electron chi connectivity index (χ1n) is 6.31. The van der Waals surface area contributed by atoms with Crippen LogP contribution in [-0.2, 0) is 6.54 Å². The van der Waals surface area contributed by atoms with Gasteiger partial charge in [0.15, 0.2) is 0 Å². The lowest BCUT2D eigenvalue weighted by Gasteiger charge is -2.07. The van der Waals surface area contributed by atoms with Crippen LogP contribution < -0.4 is 10.6 Å². The predicted octanol–water partition coefficient (Wildman–Crippen LogP) is 2.13. The number of hydrogen-bond acceptors (Lipinski definition) is 3. The topological polar surface area (TPSA) is 71.1 Å². The summed E-state index contributed by atoms with van der Waals surface area (Å²) in [6.07, 6.45) is 1.57. The molecule has 6 heteroatoms. The Morgan fingerprint density at radius 1 is 1.14 bits per heavy atom. The van der Waals surface area contributed by atoms with Crippen molar-refractivity contribution in [2.75, 3.05) is 7.05 Å². The Balaban J connectivity index is 1.99. The van der Waals surface area contributed by atoms with Crippen LogP contribution in [-0.4, -0.2) is 23.8 Å². The molecule has 0 aliphatic heterocycles. The first kappa shape index (κ1) is 15.2. The van der Waals surface area contributed by atoms with E-state index in [-0.39, 0.29) is 11.8 Å². The second kappa shape index (κ2) is 6.99. The molecule has 0 bridgehead atoms.